The highest BCUT2D eigenvalue weighted by Gasteiger charge is 2.42. The van der Waals surface area contributed by atoms with Crippen molar-refractivity contribution in [1.82, 2.24) is 5.32 Å². The average molecular weight is 440 g/mol. The number of pyridine rings is 1. The number of methoxy groups -OCH3 is 1. The highest BCUT2D eigenvalue weighted by molar-refractivity contribution is 7.93. The fraction of sp³-hybridized carbons (Fsp3) is 0.650. The third-order valence-corrected chi connectivity index (χ3v) is 8.00. The van der Waals surface area contributed by atoms with Crippen LogP contribution in [0.5, 0.6) is 0 Å². The van der Waals surface area contributed by atoms with Crippen LogP contribution in [0.3, 0.4) is 0 Å². The highest BCUT2D eigenvalue weighted by Crippen LogP contribution is 2.36. The summed E-state index contributed by atoms with van der Waals surface area (Å²) >= 11 is 0. The Morgan fingerprint density at radius 1 is 1.47 bits per heavy atom. The second-order valence-electron chi connectivity index (χ2n) is 7.89. The van der Waals surface area contributed by atoms with Gasteiger partial charge in [0.15, 0.2) is 12.4 Å². The normalized spacial score (nSPS) is 29.9. The van der Waals surface area contributed by atoms with Crippen molar-refractivity contribution in [3.8, 4) is 0 Å². The van der Waals surface area contributed by atoms with Gasteiger partial charge in [-0.05, 0) is 38.2 Å². The van der Waals surface area contributed by atoms with Crippen LogP contribution in [0.1, 0.15) is 49.4 Å². The van der Waals surface area contributed by atoms with Crippen molar-refractivity contribution in [1.29, 1.82) is 0 Å². The summed E-state index contributed by atoms with van der Waals surface area (Å²) in [7, 11) is -1.18. The molecule has 1 aromatic heterocycles. The monoisotopic (exact) mass is 439 g/mol. The Morgan fingerprint density at radius 3 is 2.83 bits per heavy atom. The maximum absolute atomic E-state index is 13.1. The molecule has 0 radical (unpaired) electrons. The zero-order valence-corrected chi connectivity index (χ0v) is 18.2. The molecule has 0 aromatic carbocycles. The van der Waals surface area contributed by atoms with Crippen molar-refractivity contribution in [2.24, 2.45) is 4.36 Å². The van der Waals surface area contributed by atoms with E-state index >= 15 is 0 Å². The molecule has 166 valence electrons. The van der Waals surface area contributed by atoms with Gasteiger partial charge in [0.2, 0.25) is 0 Å². The van der Waals surface area contributed by atoms with E-state index in [0.29, 0.717) is 49.0 Å². The lowest BCUT2D eigenvalue weighted by atomic mass is 9.85. The summed E-state index contributed by atoms with van der Waals surface area (Å²) < 4.78 is 28.8. The molecule has 2 aliphatic heterocycles. The molecule has 2 amide bonds. The molecule has 2 saturated heterocycles. The van der Waals surface area contributed by atoms with Crippen molar-refractivity contribution < 1.29 is 28.0 Å². The lowest BCUT2D eigenvalue weighted by Gasteiger charge is -2.44. The third-order valence-electron chi connectivity index (χ3n) is 5.81. The van der Waals surface area contributed by atoms with Crippen LogP contribution in [0.25, 0.3) is 0 Å². The number of nitrogens with zero attached hydrogens (tertiary/aromatic N) is 2. The van der Waals surface area contributed by atoms with E-state index in [-0.39, 0.29) is 23.5 Å². The average Bonchev–Trinajstić information content (AvgIpc) is 2.72. The number of hydrogen-bond donors (Lipinski definition) is 1. The van der Waals surface area contributed by atoms with Gasteiger partial charge < -0.3 is 20.0 Å². The molecule has 1 aromatic rings. The van der Waals surface area contributed by atoms with E-state index in [0.717, 1.165) is 0 Å². The summed E-state index contributed by atoms with van der Waals surface area (Å²) in [5, 5.41) is 14.4. The van der Waals surface area contributed by atoms with E-state index in [1.54, 1.807) is 6.07 Å². The van der Waals surface area contributed by atoms with Crippen LogP contribution in [-0.4, -0.2) is 59.0 Å². The largest absolute Gasteiger partial charge is 0.619 e. The maximum Gasteiger partial charge on any atom is 0.282 e. The van der Waals surface area contributed by atoms with Crippen LogP contribution in [0.4, 0.5) is 0 Å². The minimum absolute atomic E-state index is 0.0998. The summed E-state index contributed by atoms with van der Waals surface area (Å²) in [4.78, 5) is 24.7. The standard InChI is InChI=1S/C20H29N3O6S/c1-3-17(28-2)19(25)22-30(27)11-7-20(8-12-30)13-16(6-10-29-20)21-18(24)15-5-4-9-23(26)14-15/h4-5,9,14,16-17H,3,6-8,10-13H2,1-2H3,(H,21,24). The van der Waals surface area contributed by atoms with Crippen LogP contribution in [-0.2, 0) is 24.0 Å². The molecule has 0 saturated carbocycles. The van der Waals surface area contributed by atoms with Crippen molar-refractivity contribution in [2.45, 2.75) is 56.8 Å². The fourth-order valence-corrected chi connectivity index (χ4v) is 6.25. The molecular formula is C20H29N3O6S. The molecule has 0 aliphatic carbocycles. The SMILES string of the molecule is CCC(OC)C(=O)N=S1(=O)CCC2(CC1)CC(NC(=O)c1ccc[n+]([O-])c1)CCO2. The zero-order chi connectivity index (χ0) is 21.8. The molecule has 2 aliphatic rings. The smallest absolute Gasteiger partial charge is 0.282 e. The van der Waals surface area contributed by atoms with Crippen LogP contribution < -0.4 is 10.0 Å². The molecule has 9 nitrogen and oxygen atoms in total. The fourth-order valence-electron chi connectivity index (χ4n) is 4.03. The number of carbonyl (C=O) groups is 2. The van der Waals surface area contributed by atoms with E-state index in [1.807, 2.05) is 6.92 Å². The molecule has 1 spiro atoms. The van der Waals surface area contributed by atoms with Crippen molar-refractivity contribution >= 4 is 21.5 Å². The molecule has 1 N–H and O–H groups in total. The Bertz CT molecular complexity index is 894. The number of hydrogen-bond acceptors (Lipinski definition) is 6. The van der Waals surface area contributed by atoms with E-state index in [4.69, 9.17) is 9.47 Å². The van der Waals surface area contributed by atoms with Crippen LogP contribution in [0.15, 0.2) is 28.9 Å². The zero-order valence-electron chi connectivity index (χ0n) is 17.4. The van der Waals surface area contributed by atoms with E-state index in [9.17, 15) is 19.0 Å². The first-order valence-electron chi connectivity index (χ1n) is 10.2. The lowest BCUT2D eigenvalue weighted by molar-refractivity contribution is -0.605. The number of rotatable bonds is 5. The predicted molar refractivity (Wildman–Crippen MR) is 110 cm³/mol. The van der Waals surface area contributed by atoms with Crippen molar-refractivity contribution in [3.63, 3.8) is 0 Å². The van der Waals surface area contributed by atoms with Gasteiger partial charge in [0, 0.05) is 37.3 Å². The number of aromatic nitrogens is 1. The van der Waals surface area contributed by atoms with Crippen molar-refractivity contribution in [2.75, 3.05) is 25.2 Å². The highest BCUT2D eigenvalue weighted by atomic mass is 32.2. The van der Waals surface area contributed by atoms with E-state index in [2.05, 4.69) is 9.68 Å². The van der Waals surface area contributed by atoms with Gasteiger partial charge in [-0.3, -0.25) is 9.59 Å². The van der Waals surface area contributed by atoms with Gasteiger partial charge in [0.25, 0.3) is 11.8 Å². The third kappa shape index (κ3) is 5.35. The molecule has 3 heterocycles. The molecule has 2 atom stereocenters. The minimum atomic E-state index is -2.63. The number of amides is 2. The van der Waals surface area contributed by atoms with Crippen molar-refractivity contribution in [3.05, 3.63) is 35.3 Å². The maximum atomic E-state index is 13.1. The molecule has 0 bridgehead atoms. The van der Waals surface area contributed by atoms with Gasteiger partial charge in [0.05, 0.1) is 15.3 Å². The molecule has 3 rings (SSSR count). The summed E-state index contributed by atoms with van der Waals surface area (Å²) in [6.07, 6.45) is 4.69. The number of carbonyl (C=O) groups excluding carboxylic acids is 2. The van der Waals surface area contributed by atoms with Crippen LogP contribution in [0.2, 0.25) is 0 Å². The summed E-state index contributed by atoms with van der Waals surface area (Å²) in [5.41, 5.74) is -0.170. The first-order chi connectivity index (χ1) is 14.3. The molecule has 2 fully saturated rings. The summed E-state index contributed by atoms with van der Waals surface area (Å²) in [6.45, 7) is 2.31. The van der Waals surface area contributed by atoms with Crippen LogP contribution in [0, 0.1) is 5.21 Å². The molecule has 2 unspecified atom stereocenters. The quantitative estimate of drug-likeness (QED) is 0.543. The van der Waals surface area contributed by atoms with Gasteiger partial charge >= 0.3 is 0 Å². The minimum Gasteiger partial charge on any atom is -0.619 e. The summed E-state index contributed by atoms with van der Waals surface area (Å²) in [6, 6.07) is 3.02. The first-order valence-corrected chi connectivity index (χ1v) is 12.1. The molecule has 10 heteroatoms. The van der Waals surface area contributed by atoms with Gasteiger partial charge in [-0.1, -0.05) is 6.92 Å². The second-order valence-corrected chi connectivity index (χ2v) is 10.4. The Hall–Kier alpha value is -2.04. The van der Waals surface area contributed by atoms with Gasteiger partial charge in [-0.15, -0.1) is 0 Å². The summed E-state index contributed by atoms with van der Waals surface area (Å²) in [5.74, 6) is -0.190. The Kier molecular flexibility index (Phi) is 7.10. The number of ether oxygens (including phenoxy) is 2. The van der Waals surface area contributed by atoms with E-state index < -0.39 is 27.3 Å². The molecular weight excluding hydrogens is 410 g/mol. The first kappa shape index (κ1) is 22.6. The second kappa shape index (κ2) is 9.40. The van der Waals surface area contributed by atoms with Gasteiger partial charge in [-0.25, -0.2) is 4.21 Å². The van der Waals surface area contributed by atoms with Gasteiger partial charge in [-0.2, -0.15) is 9.09 Å². The van der Waals surface area contributed by atoms with E-state index in [1.165, 1.54) is 25.6 Å². The van der Waals surface area contributed by atoms with Gasteiger partial charge in [0.1, 0.15) is 11.7 Å². The Labute approximate surface area is 176 Å². The topological polar surface area (TPSA) is 121 Å². The van der Waals surface area contributed by atoms with Crippen LogP contribution >= 0.6 is 0 Å². The number of nitrogens with one attached hydrogen (secondary N) is 1. The Balaban J connectivity index is 1.62. The Morgan fingerprint density at radius 2 is 2.20 bits per heavy atom. The molecule has 30 heavy (non-hydrogen) atoms. The predicted octanol–water partition coefficient (Wildman–Crippen LogP) is 1.18. The lowest BCUT2D eigenvalue weighted by Crippen LogP contribution is -2.52.